The molecule has 0 aliphatic heterocycles. The number of hydrogen-bond acceptors (Lipinski definition) is 5. The normalized spacial score (nSPS) is 11.4. The lowest BCUT2D eigenvalue weighted by atomic mass is 10.1. The second kappa shape index (κ2) is 8.61. The Labute approximate surface area is 179 Å². The molecule has 0 spiro atoms. The number of thioether (sulfide) groups is 1. The summed E-state index contributed by atoms with van der Waals surface area (Å²) in [4.78, 5) is 16.8. The van der Waals surface area contributed by atoms with Gasteiger partial charge in [-0.05, 0) is 55.3 Å². The van der Waals surface area contributed by atoms with Gasteiger partial charge >= 0.3 is 0 Å². The Morgan fingerprint density at radius 1 is 1.17 bits per heavy atom. The molecule has 29 heavy (non-hydrogen) atoms. The fraction of sp³-hybridized carbons (Fsp3) is 0.200. The first-order valence-corrected chi connectivity index (χ1v) is 11.9. The summed E-state index contributed by atoms with van der Waals surface area (Å²) in [6.45, 7) is 4.10. The Morgan fingerprint density at radius 3 is 2.62 bits per heavy atom. The first-order valence-electron chi connectivity index (χ1n) is 8.68. The molecule has 9 heteroatoms. The summed E-state index contributed by atoms with van der Waals surface area (Å²) in [5.41, 5.74) is 3.61. The van der Waals surface area contributed by atoms with Crippen molar-refractivity contribution >= 4 is 44.8 Å². The van der Waals surface area contributed by atoms with Gasteiger partial charge in [0, 0.05) is 24.3 Å². The number of imidazole rings is 1. The smallest absolute Gasteiger partial charge is 0.234 e. The monoisotopic (exact) mass is 449 g/mol. The highest BCUT2D eigenvalue weighted by molar-refractivity contribution is 7.99. The van der Waals surface area contributed by atoms with Crippen LogP contribution in [0.25, 0.3) is 5.69 Å². The highest BCUT2D eigenvalue weighted by Crippen LogP contribution is 2.26. The number of anilines is 1. The number of nitrogens with one attached hydrogen (secondary N) is 1. The van der Waals surface area contributed by atoms with Gasteiger partial charge in [0.2, 0.25) is 5.91 Å². The number of rotatable bonds is 6. The van der Waals surface area contributed by atoms with E-state index in [1.807, 2.05) is 29.8 Å². The third-order valence-electron chi connectivity index (χ3n) is 4.35. The average molecular weight is 450 g/mol. The summed E-state index contributed by atoms with van der Waals surface area (Å²) in [7, 11) is -3.40. The molecule has 0 saturated heterocycles. The fourth-order valence-electron chi connectivity index (χ4n) is 2.62. The molecule has 1 N–H and O–H groups in total. The first kappa shape index (κ1) is 21.4. The van der Waals surface area contributed by atoms with E-state index in [0.717, 1.165) is 11.9 Å². The molecule has 0 aliphatic carbocycles. The van der Waals surface area contributed by atoms with Crippen LogP contribution >= 0.6 is 23.4 Å². The molecule has 0 saturated carbocycles. The van der Waals surface area contributed by atoms with Gasteiger partial charge in [-0.25, -0.2) is 13.4 Å². The topological polar surface area (TPSA) is 81.1 Å². The molecule has 0 bridgehead atoms. The van der Waals surface area contributed by atoms with Gasteiger partial charge < -0.3 is 5.32 Å². The molecular weight excluding hydrogens is 430 g/mol. The van der Waals surface area contributed by atoms with Crippen molar-refractivity contribution in [2.24, 2.45) is 0 Å². The van der Waals surface area contributed by atoms with Crippen molar-refractivity contribution in [1.29, 1.82) is 0 Å². The minimum absolute atomic E-state index is 0.0927. The van der Waals surface area contributed by atoms with Crippen LogP contribution in [-0.4, -0.2) is 35.9 Å². The van der Waals surface area contributed by atoms with Crippen LogP contribution in [0.1, 0.15) is 11.1 Å². The van der Waals surface area contributed by atoms with E-state index < -0.39 is 9.84 Å². The number of carbonyl (C=O) groups is 1. The van der Waals surface area contributed by atoms with Gasteiger partial charge in [0.1, 0.15) is 0 Å². The lowest BCUT2D eigenvalue weighted by Gasteiger charge is -2.11. The Morgan fingerprint density at radius 2 is 1.93 bits per heavy atom. The highest BCUT2D eigenvalue weighted by Gasteiger charge is 2.14. The van der Waals surface area contributed by atoms with Crippen molar-refractivity contribution in [2.75, 3.05) is 17.3 Å². The third-order valence-corrected chi connectivity index (χ3v) is 6.75. The summed E-state index contributed by atoms with van der Waals surface area (Å²) >= 11 is 7.37. The minimum Gasteiger partial charge on any atom is -0.324 e. The molecule has 1 heterocycles. The Bertz CT molecular complexity index is 1170. The van der Waals surface area contributed by atoms with Crippen molar-refractivity contribution in [3.63, 3.8) is 0 Å². The minimum atomic E-state index is -3.40. The summed E-state index contributed by atoms with van der Waals surface area (Å²) in [5.74, 6) is -0.210. The molecule has 0 aliphatic rings. The van der Waals surface area contributed by atoms with Crippen LogP contribution in [0.3, 0.4) is 0 Å². The molecule has 0 fully saturated rings. The van der Waals surface area contributed by atoms with E-state index in [1.165, 1.54) is 41.1 Å². The molecular formula is C20H20ClN3O3S2. The van der Waals surface area contributed by atoms with Gasteiger partial charge in [0.05, 0.1) is 21.4 Å². The number of hydrogen-bond donors (Lipinski definition) is 1. The van der Waals surface area contributed by atoms with Crippen molar-refractivity contribution in [1.82, 2.24) is 9.55 Å². The van der Waals surface area contributed by atoms with Crippen LogP contribution in [0.15, 0.2) is 58.8 Å². The van der Waals surface area contributed by atoms with Crippen LogP contribution in [0.2, 0.25) is 5.02 Å². The quantitative estimate of drug-likeness (QED) is 0.568. The van der Waals surface area contributed by atoms with Gasteiger partial charge in [-0.1, -0.05) is 29.4 Å². The number of aryl methyl sites for hydroxylation is 2. The molecule has 3 rings (SSSR count). The van der Waals surface area contributed by atoms with E-state index in [-0.39, 0.29) is 27.3 Å². The van der Waals surface area contributed by atoms with E-state index in [1.54, 1.807) is 6.20 Å². The number of halogens is 1. The van der Waals surface area contributed by atoms with Gasteiger partial charge in [-0.2, -0.15) is 0 Å². The predicted molar refractivity (Wildman–Crippen MR) is 117 cm³/mol. The molecule has 6 nitrogen and oxygen atoms in total. The van der Waals surface area contributed by atoms with E-state index in [4.69, 9.17) is 11.6 Å². The van der Waals surface area contributed by atoms with E-state index >= 15 is 0 Å². The summed E-state index contributed by atoms with van der Waals surface area (Å²) in [6.07, 6.45) is 4.63. The Kier molecular flexibility index (Phi) is 6.36. The van der Waals surface area contributed by atoms with Crippen molar-refractivity contribution in [3.8, 4) is 5.69 Å². The number of nitrogens with zero attached hydrogens (tertiary/aromatic N) is 2. The lowest BCUT2D eigenvalue weighted by molar-refractivity contribution is -0.113. The molecule has 152 valence electrons. The van der Waals surface area contributed by atoms with E-state index in [2.05, 4.69) is 23.3 Å². The summed E-state index contributed by atoms with van der Waals surface area (Å²) in [6, 6.07) is 10.3. The maximum Gasteiger partial charge on any atom is 0.234 e. The van der Waals surface area contributed by atoms with Crippen molar-refractivity contribution in [2.45, 2.75) is 23.9 Å². The van der Waals surface area contributed by atoms with Gasteiger partial charge in [-0.3, -0.25) is 9.36 Å². The van der Waals surface area contributed by atoms with Crippen molar-refractivity contribution in [3.05, 3.63) is 64.9 Å². The zero-order chi connectivity index (χ0) is 21.2. The molecule has 0 unspecified atom stereocenters. The van der Waals surface area contributed by atoms with Crippen LogP contribution in [0.5, 0.6) is 0 Å². The molecule has 2 aromatic carbocycles. The SMILES string of the molecule is Cc1ccc(-n2ccnc2SCC(=O)Nc2cc(S(C)(=O)=O)ccc2Cl)cc1C. The van der Waals surface area contributed by atoms with Crippen molar-refractivity contribution < 1.29 is 13.2 Å². The zero-order valence-electron chi connectivity index (χ0n) is 16.1. The molecule has 1 aromatic heterocycles. The van der Waals surface area contributed by atoms with Crippen LogP contribution in [0, 0.1) is 13.8 Å². The van der Waals surface area contributed by atoms with Gasteiger partial charge in [0.25, 0.3) is 0 Å². The maximum atomic E-state index is 12.4. The highest BCUT2D eigenvalue weighted by atomic mass is 35.5. The van der Waals surface area contributed by atoms with Gasteiger partial charge in [-0.15, -0.1) is 0 Å². The maximum absolute atomic E-state index is 12.4. The molecule has 0 radical (unpaired) electrons. The molecule has 1 amide bonds. The van der Waals surface area contributed by atoms with E-state index in [9.17, 15) is 13.2 Å². The summed E-state index contributed by atoms with van der Waals surface area (Å²) in [5, 5.41) is 3.62. The molecule has 3 aromatic rings. The standard InChI is InChI=1S/C20H20ClN3O3S2/c1-13-4-5-15(10-14(13)2)24-9-8-22-20(24)28-12-19(25)23-18-11-16(29(3,26)27)6-7-17(18)21/h4-11H,12H2,1-3H3,(H,23,25). The number of carbonyl (C=O) groups excluding carboxylic acids is 1. The lowest BCUT2D eigenvalue weighted by Crippen LogP contribution is -2.15. The number of sulfone groups is 1. The second-order valence-corrected chi connectivity index (χ2v) is 9.96. The number of benzene rings is 2. The number of amides is 1. The first-order chi connectivity index (χ1) is 13.6. The number of aromatic nitrogens is 2. The van der Waals surface area contributed by atoms with Crippen LogP contribution in [-0.2, 0) is 14.6 Å². The molecule has 0 atom stereocenters. The van der Waals surface area contributed by atoms with E-state index in [0.29, 0.717) is 5.16 Å². The second-order valence-electron chi connectivity index (χ2n) is 6.60. The third kappa shape index (κ3) is 5.20. The average Bonchev–Trinajstić information content (AvgIpc) is 3.12. The van der Waals surface area contributed by atoms with Crippen LogP contribution in [0.4, 0.5) is 5.69 Å². The predicted octanol–water partition coefficient (Wildman–Crippen LogP) is 4.28. The Balaban J connectivity index is 1.71. The largest absolute Gasteiger partial charge is 0.324 e. The fourth-order valence-corrected chi connectivity index (χ4v) is 4.20. The Hall–Kier alpha value is -2.29. The van der Waals surface area contributed by atoms with Gasteiger partial charge in [0.15, 0.2) is 15.0 Å². The summed E-state index contributed by atoms with van der Waals surface area (Å²) < 4.78 is 25.3. The van der Waals surface area contributed by atoms with Crippen LogP contribution < -0.4 is 5.32 Å². The zero-order valence-corrected chi connectivity index (χ0v) is 18.5.